The zero-order valence-electron chi connectivity index (χ0n) is 8.55. The van der Waals surface area contributed by atoms with Crippen LogP contribution in [0.15, 0.2) is 11.6 Å². The lowest BCUT2D eigenvalue weighted by atomic mass is 9.83. The molecule has 0 spiro atoms. The Hall–Kier alpha value is -0.610. The minimum Gasteiger partial charge on any atom is -0.361 e. The number of nitrogens with zero attached hydrogens (tertiary/aromatic N) is 1. The second kappa shape index (κ2) is 4.28. The van der Waals surface area contributed by atoms with Crippen molar-refractivity contribution in [1.82, 2.24) is 10.3 Å². The SMILES string of the molecule is CC1(CNc2nccs2)CCCNC1. The van der Waals surface area contributed by atoms with Crippen molar-refractivity contribution >= 4 is 16.5 Å². The van der Waals surface area contributed by atoms with Gasteiger partial charge in [0.1, 0.15) is 0 Å². The van der Waals surface area contributed by atoms with E-state index in [1.165, 1.54) is 19.4 Å². The third-order valence-electron chi connectivity index (χ3n) is 2.78. The van der Waals surface area contributed by atoms with Gasteiger partial charge in [-0.25, -0.2) is 4.98 Å². The normalized spacial score (nSPS) is 27.5. The van der Waals surface area contributed by atoms with Gasteiger partial charge in [-0.3, -0.25) is 0 Å². The van der Waals surface area contributed by atoms with Crippen LogP contribution < -0.4 is 10.6 Å². The largest absolute Gasteiger partial charge is 0.361 e. The maximum atomic E-state index is 4.22. The van der Waals surface area contributed by atoms with E-state index in [1.54, 1.807) is 11.3 Å². The van der Waals surface area contributed by atoms with E-state index in [0.717, 1.165) is 18.2 Å². The van der Waals surface area contributed by atoms with E-state index in [-0.39, 0.29) is 0 Å². The number of rotatable bonds is 3. The molecule has 0 bridgehead atoms. The molecule has 1 saturated heterocycles. The topological polar surface area (TPSA) is 37.0 Å². The molecular weight excluding hydrogens is 194 g/mol. The van der Waals surface area contributed by atoms with Crippen molar-refractivity contribution in [2.75, 3.05) is 25.0 Å². The molecule has 0 aliphatic carbocycles. The minimum atomic E-state index is 0.393. The van der Waals surface area contributed by atoms with Crippen LogP contribution in [0.5, 0.6) is 0 Å². The van der Waals surface area contributed by atoms with E-state index < -0.39 is 0 Å². The maximum Gasteiger partial charge on any atom is 0.182 e. The van der Waals surface area contributed by atoms with Gasteiger partial charge in [0, 0.05) is 24.7 Å². The Morgan fingerprint density at radius 3 is 3.29 bits per heavy atom. The van der Waals surface area contributed by atoms with Gasteiger partial charge < -0.3 is 10.6 Å². The first-order valence-electron chi connectivity index (χ1n) is 5.13. The lowest BCUT2D eigenvalue weighted by Gasteiger charge is -2.34. The number of anilines is 1. The predicted molar refractivity (Wildman–Crippen MR) is 60.8 cm³/mol. The summed E-state index contributed by atoms with van der Waals surface area (Å²) in [6.07, 6.45) is 4.43. The Labute approximate surface area is 88.9 Å². The molecule has 1 aliphatic heterocycles. The summed E-state index contributed by atoms with van der Waals surface area (Å²) in [6.45, 7) is 5.64. The fraction of sp³-hybridized carbons (Fsp3) is 0.700. The molecule has 1 fully saturated rings. The third-order valence-corrected chi connectivity index (χ3v) is 3.52. The van der Waals surface area contributed by atoms with Crippen LogP contribution in [0.1, 0.15) is 19.8 Å². The number of hydrogen-bond acceptors (Lipinski definition) is 4. The van der Waals surface area contributed by atoms with E-state index in [2.05, 4.69) is 22.5 Å². The van der Waals surface area contributed by atoms with Crippen LogP contribution >= 0.6 is 11.3 Å². The van der Waals surface area contributed by atoms with Crippen molar-refractivity contribution < 1.29 is 0 Å². The Morgan fingerprint density at radius 1 is 1.71 bits per heavy atom. The van der Waals surface area contributed by atoms with Crippen LogP contribution in [0, 0.1) is 5.41 Å². The summed E-state index contributed by atoms with van der Waals surface area (Å²) in [5, 5.41) is 9.89. The van der Waals surface area contributed by atoms with Gasteiger partial charge in [0.25, 0.3) is 0 Å². The predicted octanol–water partition coefficient (Wildman–Crippen LogP) is 1.94. The lowest BCUT2D eigenvalue weighted by molar-refractivity contribution is 0.253. The number of piperidine rings is 1. The standard InChI is InChI=1S/C10H17N3S/c1-10(3-2-4-11-7-10)8-13-9-12-5-6-14-9/h5-6,11H,2-4,7-8H2,1H3,(H,12,13). The van der Waals surface area contributed by atoms with Crippen molar-refractivity contribution in [3.8, 4) is 0 Å². The summed E-state index contributed by atoms with van der Waals surface area (Å²) >= 11 is 1.67. The van der Waals surface area contributed by atoms with E-state index in [4.69, 9.17) is 0 Å². The molecule has 3 nitrogen and oxygen atoms in total. The molecule has 2 N–H and O–H groups in total. The van der Waals surface area contributed by atoms with Gasteiger partial charge in [0.2, 0.25) is 0 Å². The van der Waals surface area contributed by atoms with Crippen LogP contribution in [0.3, 0.4) is 0 Å². The van der Waals surface area contributed by atoms with Gasteiger partial charge in [-0.05, 0) is 24.8 Å². The molecule has 78 valence electrons. The molecule has 0 aromatic carbocycles. The van der Waals surface area contributed by atoms with Crippen LogP contribution in [0.25, 0.3) is 0 Å². The second-order valence-corrected chi connectivity index (χ2v) is 5.18. The molecule has 0 radical (unpaired) electrons. The second-order valence-electron chi connectivity index (χ2n) is 4.28. The smallest absolute Gasteiger partial charge is 0.182 e. The van der Waals surface area contributed by atoms with Gasteiger partial charge in [-0.15, -0.1) is 11.3 Å². The van der Waals surface area contributed by atoms with Crippen molar-refractivity contribution in [2.45, 2.75) is 19.8 Å². The monoisotopic (exact) mass is 211 g/mol. The fourth-order valence-corrected chi connectivity index (χ4v) is 2.40. The molecule has 1 aromatic heterocycles. The molecule has 14 heavy (non-hydrogen) atoms. The fourth-order valence-electron chi connectivity index (χ4n) is 1.87. The molecule has 4 heteroatoms. The molecule has 0 amide bonds. The number of aromatic nitrogens is 1. The van der Waals surface area contributed by atoms with Crippen molar-refractivity contribution in [3.63, 3.8) is 0 Å². The highest BCUT2D eigenvalue weighted by Crippen LogP contribution is 2.26. The highest BCUT2D eigenvalue weighted by Gasteiger charge is 2.26. The van der Waals surface area contributed by atoms with E-state index in [1.807, 2.05) is 11.6 Å². The van der Waals surface area contributed by atoms with Gasteiger partial charge in [-0.1, -0.05) is 6.92 Å². The van der Waals surface area contributed by atoms with Gasteiger partial charge in [0.05, 0.1) is 0 Å². The highest BCUT2D eigenvalue weighted by molar-refractivity contribution is 7.13. The quantitative estimate of drug-likeness (QED) is 0.802. The van der Waals surface area contributed by atoms with E-state index >= 15 is 0 Å². The minimum absolute atomic E-state index is 0.393. The summed E-state index contributed by atoms with van der Waals surface area (Å²) < 4.78 is 0. The van der Waals surface area contributed by atoms with Crippen LogP contribution in [-0.2, 0) is 0 Å². The van der Waals surface area contributed by atoms with E-state index in [9.17, 15) is 0 Å². The Bertz CT molecular complexity index is 265. The van der Waals surface area contributed by atoms with Crippen molar-refractivity contribution in [1.29, 1.82) is 0 Å². The Kier molecular flexibility index (Phi) is 3.03. The average Bonchev–Trinajstić information content (AvgIpc) is 2.69. The molecule has 1 atom stereocenters. The third kappa shape index (κ3) is 2.45. The molecule has 1 aromatic rings. The number of thiazole rings is 1. The molecule has 2 rings (SSSR count). The summed E-state index contributed by atoms with van der Waals surface area (Å²) in [4.78, 5) is 4.22. The summed E-state index contributed by atoms with van der Waals surface area (Å²) in [7, 11) is 0. The van der Waals surface area contributed by atoms with Crippen LogP contribution in [0.4, 0.5) is 5.13 Å². The molecule has 0 saturated carbocycles. The van der Waals surface area contributed by atoms with Crippen LogP contribution in [-0.4, -0.2) is 24.6 Å². The molecule has 1 aliphatic rings. The first kappa shape index (κ1) is 9.93. The van der Waals surface area contributed by atoms with Crippen molar-refractivity contribution in [2.24, 2.45) is 5.41 Å². The van der Waals surface area contributed by atoms with Gasteiger partial charge in [-0.2, -0.15) is 0 Å². The zero-order valence-corrected chi connectivity index (χ0v) is 9.36. The maximum absolute atomic E-state index is 4.22. The Balaban J connectivity index is 1.84. The zero-order chi connectivity index (χ0) is 9.86. The highest BCUT2D eigenvalue weighted by atomic mass is 32.1. The van der Waals surface area contributed by atoms with Crippen molar-refractivity contribution in [3.05, 3.63) is 11.6 Å². The Morgan fingerprint density at radius 2 is 2.64 bits per heavy atom. The average molecular weight is 211 g/mol. The number of hydrogen-bond donors (Lipinski definition) is 2. The number of nitrogens with one attached hydrogen (secondary N) is 2. The molecule has 2 heterocycles. The lowest BCUT2D eigenvalue weighted by Crippen LogP contribution is -2.42. The van der Waals surface area contributed by atoms with Gasteiger partial charge >= 0.3 is 0 Å². The first-order valence-corrected chi connectivity index (χ1v) is 6.01. The van der Waals surface area contributed by atoms with E-state index in [0.29, 0.717) is 5.41 Å². The summed E-state index contributed by atoms with van der Waals surface area (Å²) in [5.41, 5.74) is 0.393. The molecular formula is C10H17N3S. The first-order chi connectivity index (χ1) is 6.79. The van der Waals surface area contributed by atoms with Gasteiger partial charge in [0.15, 0.2) is 5.13 Å². The molecule has 1 unspecified atom stereocenters. The van der Waals surface area contributed by atoms with Crippen LogP contribution in [0.2, 0.25) is 0 Å². The summed E-state index contributed by atoms with van der Waals surface area (Å²) in [6, 6.07) is 0. The summed E-state index contributed by atoms with van der Waals surface area (Å²) in [5.74, 6) is 0.